The average molecular weight is 500 g/mol. The largest absolute Gasteiger partial charge is 0.345 e. The average Bonchev–Trinajstić information content (AvgIpc) is 3.28. The summed E-state index contributed by atoms with van der Waals surface area (Å²) in [5, 5.41) is 0.752. The van der Waals surface area contributed by atoms with Crippen LogP contribution in [0.2, 0.25) is 5.02 Å². The van der Waals surface area contributed by atoms with E-state index in [4.69, 9.17) is 11.6 Å². The first kappa shape index (κ1) is 27.3. The monoisotopic (exact) mass is 499 g/mol. The van der Waals surface area contributed by atoms with Crippen molar-refractivity contribution in [2.45, 2.75) is 91.3 Å². The number of carbonyl (C=O) groups is 2. The van der Waals surface area contributed by atoms with E-state index in [1.807, 2.05) is 30.3 Å². The fraction of sp³-hybridized carbons (Fsp3) is 0.586. The van der Waals surface area contributed by atoms with Crippen LogP contribution in [-0.2, 0) is 22.7 Å². The van der Waals surface area contributed by atoms with Crippen LogP contribution >= 0.6 is 11.6 Å². The third-order valence-electron chi connectivity index (χ3n) is 6.90. The first-order valence-electron chi connectivity index (χ1n) is 13.3. The Morgan fingerprint density at radius 1 is 1.06 bits per heavy atom. The summed E-state index contributed by atoms with van der Waals surface area (Å²) in [6.07, 6.45) is 10.0. The van der Waals surface area contributed by atoms with E-state index in [0.29, 0.717) is 32.0 Å². The standard InChI is InChI=1S/C29H42ClN3O2/c1-4-5-17-28(34)32(19-23(2)3)22-29(35)33(25-13-7-6-8-14-25)21-26-15-11-18-31(26)20-24-12-9-10-16-27(24)30/h9-12,15-16,18,23,25H,4-8,13-14,17,19-22H2,1-3H3. The van der Waals surface area contributed by atoms with Crippen LogP contribution in [0.15, 0.2) is 42.6 Å². The summed E-state index contributed by atoms with van der Waals surface area (Å²) in [5.74, 6) is 0.483. The zero-order chi connectivity index (χ0) is 25.2. The fourth-order valence-corrected chi connectivity index (χ4v) is 5.18. The predicted octanol–water partition coefficient (Wildman–Crippen LogP) is 6.53. The van der Waals surface area contributed by atoms with E-state index < -0.39 is 0 Å². The van der Waals surface area contributed by atoms with Crippen molar-refractivity contribution in [2.75, 3.05) is 13.1 Å². The lowest BCUT2D eigenvalue weighted by Crippen LogP contribution is -2.48. The van der Waals surface area contributed by atoms with E-state index in [1.54, 1.807) is 4.90 Å². The van der Waals surface area contributed by atoms with Gasteiger partial charge in [-0.2, -0.15) is 0 Å². The van der Waals surface area contributed by atoms with Crippen LogP contribution < -0.4 is 0 Å². The summed E-state index contributed by atoms with van der Waals surface area (Å²) in [6, 6.07) is 12.3. The molecule has 0 bridgehead atoms. The van der Waals surface area contributed by atoms with Gasteiger partial charge in [-0.05, 0) is 48.9 Å². The normalized spacial score (nSPS) is 14.3. The Labute approximate surface area is 216 Å². The lowest BCUT2D eigenvalue weighted by molar-refractivity contribution is -0.143. The highest BCUT2D eigenvalue weighted by Gasteiger charge is 2.29. The van der Waals surface area contributed by atoms with Crippen LogP contribution in [0, 0.1) is 5.92 Å². The second-order valence-corrected chi connectivity index (χ2v) is 10.7. The van der Waals surface area contributed by atoms with Crippen LogP contribution in [0.1, 0.15) is 83.4 Å². The molecule has 2 amide bonds. The third kappa shape index (κ3) is 8.13. The molecule has 2 aromatic rings. The molecule has 1 fully saturated rings. The van der Waals surface area contributed by atoms with Gasteiger partial charge in [-0.25, -0.2) is 0 Å². The summed E-state index contributed by atoms with van der Waals surface area (Å²) >= 11 is 6.42. The minimum Gasteiger partial charge on any atom is -0.345 e. The molecule has 0 aliphatic heterocycles. The number of nitrogens with zero attached hydrogens (tertiary/aromatic N) is 3. The number of unbranched alkanes of at least 4 members (excludes halogenated alkanes) is 1. The zero-order valence-electron chi connectivity index (χ0n) is 21.7. The molecule has 1 aromatic heterocycles. The van der Waals surface area contributed by atoms with Gasteiger partial charge in [0.25, 0.3) is 0 Å². The maximum absolute atomic E-state index is 13.8. The van der Waals surface area contributed by atoms with E-state index in [0.717, 1.165) is 54.8 Å². The molecule has 0 saturated heterocycles. The topological polar surface area (TPSA) is 45.6 Å². The minimum absolute atomic E-state index is 0.0629. The van der Waals surface area contributed by atoms with Crippen molar-refractivity contribution in [3.05, 3.63) is 58.9 Å². The number of rotatable bonds is 12. The zero-order valence-corrected chi connectivity index (χ0v) is 22.5. The molecule has 6 heteroatoms. The van der Waals surface area contributed by atoms with Crippen LogP contribution in [0.25, 0.3) is 0 Å². The van der Waals surface area contributed by atoms with Crippen LogP contribution in [0.3, 0.4) is 0 Å². The minimum atomic E-state index is 0.0629. The van der Waals surface area contributed by atoms with Crippen molar-refractivity contribution in [3.63, 3.8) is 0 Å². The fourth-order valence-electron chi connectivity index (χ4n) is 4.98. The molecule has 1 aromatic carbocycles. The molecule has 35 heavy (non-hydrogen) atoms. The van der Waals surface area contributed by atoms with Gasteiger partial charge in [-0.3, -0.25) is 9.59 Å². The Morgan fingerprint density at radius 3 is 2.49 bits per heavy atom. The maximum atomic E-state index is 13.8. The van der Waals surface area contributed by atoms with E-state index in [-0.39, 0.29) is 24.4 Å². The Hall–Kier alpha value is -2.27. The SMILES string of the molecule is CCCCC(=O)N(CC(=O)N(Cc1cccn1Cc1ccccc1Cl)C1CCCCC1)CC(C)C. The molecule has 192 valence electrons. The highest BCUT2D eigenvalue weighted by Crippen LogP contribution is 2.25. The molecule has 1 aliphatic rings. The summed E-state index contributed by atoms with van der Waals surface area (Å²) < 4.78 is 2.18. The van der Waals surface area contributed by atoms with Crippen molar-refractivity contribution in [1.29, 1.82) is 0 Å². The molecular weight excluding hydrogens is 458 g/mol. The second-order valence-electron chi connectivity index (χ2n) is 10.3. The third-order valence-corrected chi connectivity index (χ3v) is 7.27. The Morgan fingerprint density at radius 2 is 1.80 bits per heavy atom. The van der Waals surface area contributed by atoms with E-state index in [9.17, 15) is 9.59 Å². The Balaban J connectivity index is 1.79. The number of aromatic nitrogens is 1. The predicted molar refractivity (Wildman–Crippen MR) is 143 cm³/mol. The molecule has 1 heterocycles. The summed E-state index contributed by atoms with van der Waals surface area (Å²) in [4.78, 5) is 30.5. The molecule has 1 aliphatic carbocycles. The van der Waals surface area contributed by atoms with Gasteiger partial charge in [0.2, 0.25) is 11.8 Å². The molecule has 0 radical (unpaired) electrons. The quantitative estimate of drug-likeness (QED) is 0.333. The molecule has 3 rings (SSSR count). The molecule has 0 atom stereocenters. The molecule has 0 N–H and O–H groups in total. The van der Waals surface area contributed by atoms with Gasteiger partial charge < -0.3 is 14.4 Å². The molecular formula is C29H42ClN3O2. The number of benzene rings is 1. The smallest absolute Gasteiger partial charge is 0.242 e. The van der Waals surface area contributed by atoms with Gasteiger partial charge >= 0.3 is 0 Å². The van der Waals surface area contributed by atoms with Crippen molar-refractivity contribution in [2.24, 2.45) is 5.92 Å². The van der Waals surface area contributed by atoms with E-state index in [2.05, 4.69) is 42.5 Å². The van der Waals surface area contributed by atoms with Crippen molar-refractivity contribution < 1.29 is 9.59 Å². The highest BCUT2D eigenvalue weighted by atomic mass is 35.5. The Bertz CT molecular complexity index is 949. The maximum Gasteiger partial charge on any atom is 0.242 e. The van der Waals surface area contributed by atoms with Gasteiger partial charge in [0.15, 0.2) is 0 Å². The second kappa shape index (κ2) is 13.7. The summed E-state index contributed by atoms with van der Waals surface area (Å²) in [5.41, 5.74) is 2.16. The van der Waals surface area contributed by atoms with Gasteiger partial charge in [-0.1, -0.05) is 76.3 Å². The van der Waals surface area contributed by atoms with Crippen LogP contribution in [0.4, 0.5) is 0 Å². The number of hydrogen-bond donors (Lipinski definition) is 0. The molecule has 0 spiro atoms. The van der Waals surface area contributed by atoms with Gasteiger partial charge in [0, 0.05) is 42.5 Å². The van der Waals surface area contributed by atoms with Gasteiger partial charge in [0.05, 0.1) is 13.1 Å². The lowest BCUT2D eigenvalue weighted by Gasteiger charge is -2.36. The van der Waals surface area contributed by atoms with E-state index >= 15 is 0 Å². The van der Waals surface area contributed by atoms with Crippen molar-refractivity contribution in [3.8, 4) is 0 Å². The molecule has 1 saturated carbocycles. The first-order chi connectivity index (χ1) is 16.9. The van der Waals surface area contributed by atoms with Crippen molar-refractivity contribution in [1.82, 2.24) is 14.4 Å². The van der Waals surface area contributed by atoms with E-state index in [1.165, 1.54) is 6.42 Å². The van der Waals surface area contributed by atoms with Crippen molar-refractivity contribution >= 4 is 23.4 Å². The lowest BCUT2D eigenvalue weighted by atomic mass is 9.94. The Kier molecular flexibility index (Phi) is 10.7. The first-order valence-corrected chi connectivity index (χ1v) is 13.7. The highest BCUT2D eigenvalue weighted by molar-refractivity contribution is 6.31. The van der Waals surface area contributed by atoms with Crippen LogP contribution in [0.5, 0.6) is 0 Å². The van der Waals surface area contributed by atoms with Crippen LogP contribution in [-0.4, -0.2) is 45.3 Å². The molecule has 5 nitrogen and oxygen atoms in total. The van der Waals surface area contributed by atoms with Gasteiger partial charge in [-0.15, -0.1) is 0 Å². The number of hydrogen-bond acceptors (Lipinski definition) is 2. The van der Waals surface area contributed by atoms with Gasteiger partial charge in [0.1, 0.15) is 0 Å². The number of amides is 2. The molecule has 0 unspecified atom stereocenters. The number of carbonyl (C=O) groups excluding carboxylic acids is 2. The summed E-state index contributed by atoms with van der Waals surface area (Å²) in [6.45, 7) is 8.31. The summed E-state index contributed by atoms with van der Waals surface area (Å²) in [7, 11) is 0. The number of halogens is 1.